The molecule has 94 valence electrons. The Hall–Kier alpha value is -2.14. The Morgan fingerprint density at radius 3 is 2.83 bits per heavy atom. The lowest BCUT2D eigenvalue weighted by molar-refractivity contribution is 0.281. The Labute approximate surface area is 105 Å². The standard InChI is InChI=1S/C13H15N3O2/c1-9-14-7-10(8-17)13(15-9)16-11-5-3-4-6-12(11)18-2/h3-7,17H,8H2,1-2H3,(H,14,15,16). The number of rotatable bonds is 4. The highest BCUT2D eigenvalue weighted by Crippen LogP contribution is 2.27. The van der Waals surface area contributed by atoms with E-state index in [2.05, 4.69) is 15.3 Å². The number of methoxy groups -OCH3 is 1. The molecule has 5 nitrogen and oxygen atoms in total. The van der Waals surface area contributed by atoms with Gasteiger partial charge in [0, 0.05) is 11.8 Å². The highest BCUT2D eigenvalue weighted by atomic mass is 16.5. The smallest absolute Gasteiger partial charge is 0.142 e. The van der Waals surface area contributed by atoms with Gasteiger partial charge < -0.3 is 15.2 Å². The molecule has 2 aromatic rings. The molecule has 1 heterocycles. The van der Waals surface area contributed by atoms with Crippen LogP contribution in [0.25, 0.3) is 0 Å². The monoisotopic (exact) mass is 245 g/mol. The summed E-state index contributed by atoms with van der Waals surface area (Å²) in [6.07, 6.45) is 1.61. The van der Waals surface area contributed by atoms with E-state index in [4.69, 9.17) is 4.74 Å². The Morgan fingerprint density at radius 2 is 2.11 bits per heavy atom. The summed E-state index contributed by atoms with van der Waals surface area (Å²) in [5.41, 5.74) is 1.44. The van der Waals surface area contributed by atoms with Crippen LogP contribution in [0.1, 0.15) is 11.4 Å². The zero-order valence-electron chi connectivity index (χ0n) is 10.3. The summed E-state index contributed by atoms with van der Waals surface area (Å²) >= 11 is 0. The second kappa shape index (κ2) is 5.46. The molecule has 0 saturated carbocycles. The predicted octanol–water partition coefficient (Wildman–Crippen LogP) is 2.03. The minimum atomic E-state index is -0.113. The highest BCUT2D eigenvalue weighted by molar-refractivity contribution is 5.65. The van der Waals surface area contributed by atoms with Crippen LogP contribution in [0.4, 0.5) is 11.5 Å². The largest absolute Gasteiger partial charge is 0.495 e. The number of anilines is 2. The molecule has 5 heteroatoms. The van der Waals surface area contributed by atoms with Gasteiger partial charge in [-0.05, 0) is 19.1 Å². The van der Waals surface area contributed by atoms with E-state index in [1.807, 2.05) is 24.3 Å². The van der Waals surface area contributed by atoms with E-state index in [-0.39, 0.29) is 6.61 Å². The number of aliphatic hydroxyl groups is 1. The fraction of sp³-hybridized carbons (Fsp3) is 0.231. The number of ether oxygens (including phenoxy) is 1. The van der Waals surface area contributed by atoms with Crippen LogP contribution >= 0.6 is 0 Å². The summed E-state index contributed by atoms with van der Waals surface area (Å²) in [6.45, 7) is 1.69. The van der Waals surface area contributed by atoms with E-state index in [0.29, 0.717) is 17.2 Å². The summed E-state index contributed by atoms with van der Waals surface area (Å²) < 4.78 is 5.25. The summed E-state index contributed by atoms with van der Waals surface area (Å²) in [4.78, 5) is 8.33. The minimum absolute atomic E-state index is 0.113. The molecule has 0 amide bonds. The lowest BCUT2D eigenvalue weighted by Gasteiger charge is -2.12. The van der Waals surface area contributed by atoms with Crippen LogP contribution in [-0.4, -0.2) is 22.2 Å². The normalized spacial score (nSPS) is 10.2. The molecule has 0 aliphatic carbocycles. The zero-order valence-corrected chi connectivity index (χ0v) is 10.3. The second-order valence-electron chi connectivity index (χ2n) is 3.77. The highest BCUT2D eigenvalue weighted by Gasteiger charge is 2.08. The Morgan fingerprint density at radius 1 is 1.33 bits per heavy atom. The van der Waals surface area contributed by atoms with Crippen molar-refractivity contribution in [1.82, 2.24) is 9.97 Å². The van der Waals surface area contributed by atoms with Crippen molar-refractivity contribution in [3.8, 4) is 5.75 Å². The molecule has 0 spiro atoms. The van der Waals surface area contributed by atoms with E-state index < -0.39 is 0 Å². The molecule has 0 unspecified atom stereocenters. The molecule has 2 N–H and O–H groups in total. The maximum Gasteiger partial charge on any atom is 0.142 e. The first-order chi connectivity index (χ1) is 8.74. The van der Waals surface area contributed by atoms with Crippen LogP contribution < -0.4 is 10.1 Å². The summed E-state index contributed by atoms with van der Waals surface area (Å²) in [5, 5.41) is 12.4. The molecule has 0 saturated heterocycles. The van der Waals surface area contributed by atoms with Crippen molar-refractivity contribution in [2.75, 3.05) is 12.4 Å². The first-order valence-corrected chi connectivity index (χ1v) is 5.58. The van der Waals surface area contributed by atoms with Crippen molar-refractivity contribution >= 4 is 11.5 Å². The molecule has 0 atom stereocenters. The number of aryl methyl sites for hydroxylation is 1. The molecule has 2 rings (SSSR count). The van der Waals surface area contributed by atoms with Crippen LogP contribution in [0.2, 0.25) is 0 Å². The van der Waals surface area contributed by atoms with Crippen molar-refractivity contribution < 1.29 is 9.84 Å². The maximum atomic E-state index is 9.26. The fourth-order valence-corrected chi connectivity index (χ4v) is 1.59. The van der Waals surface area contributed by atoms with Gasteiger partial charge >= 0.3 is 0 Å². The number of aromatic nitrogens is 2. The summed E-state index contributed by atoms with van der Waals surface area (Å²) in [6, 6.07) is 7.53. The lowest BCUT2D eigenvalue weighted by atomic mass is 10.2. The first kappa shape index (κ1) is 12.3. The Balaban J connectivity index is 2.36. The third kappa shape index (κ3) is 2.57. The van der Waals surface area contributed by atoms with Crippen LogP contribution in [0.3, 0.4) is 0 Å². The maximum absolute atomic E-state index is 9.26. The fourth-order valence-electron chi connectivity index (χ4n) is 1.59. The van der Waals surface area contributed by atoms with E-state index in [1.165, 1.54) is 0 Å². The molecule has 0 aliphatic rings. The number of hydrogen-bond donors (Lipinski definition) is 2. The van der Waals surface area contributed by atoms with Crippen molar-refractivity contribution in [2.45, 2.75) is 13.5 Å². The van der Waals surface area contributed by atoms with Gasteiger partial charge in [-0.25, -0.2) is 9.97 Å². The van der Waals surface area contributed by atoms with E-state index >= 15 is 0 Å². The second-order valence-corrected chi connectivity index (χ2v) is 3.77. The third-order valence-corrected chi connectivity index (χ3v) is 2.52. The van der Waals surface area contributed by atoms with Gasteiger partial charge in [-0.1, -0.05) is 12.1 Å². The number of para-hydroxylation sites is 2. The third-order valence-electron chi connectivity index (χ3n) is 2.52. The molecule has 1 aromatic carbocycles. The summed E-state index contributed by atoms with van der Waals surface area (Å²) in [7, 11) is 1.61. The van der Waals surface area contributed by atoms with E-state index in [1.54, 1.807) is 20.2 Å². The summed E-state index contributed by atoms with van der Waals surface area (Å²) in [5.74, 6) is 1.96. The minimum Gasteiger partial charge on any atom is -0.495 e. The van der Waals surface area contributed by atoms with E-state index in [9.17, 15) is 5.11 Å². The van der Waals surface area contributed by atoms with Crippen LogP contribution in [0.15, 0.2) is 30.5 Å². The average molecular weight is 245 g/mol. The van der Waals surface area contributed by atoms with Gasteiger partial charge in [-0.15, -0.1) is 0 Å². The topological polar surface area (TPSA) is 67.3 Å². The lowest BCUT2D eigenvalue weighted by Crippen LogP contribution is -2.03. The predicted molar refractivity (Wildman–Crippen MR) is 69.0 cm³/mol. The van der Waals surface area contributed by atoms with Crippen molar-refractivity contribution in [3.05, 3.63) is 41.9 Å². The van der Waals surface area contributed by atoms with Crippen molar-refractivity contribution in [3.63, 3.8) is 0 Å². The number of aliphatic hydroxyl groups excluding tert-OH is 1. The van der Waals surface area contributed by atoms with Crippen LogP contribution in [-0.2, 0) is 6.61 Å². The first-order valence-electron chi connectivity index (χ1n) is 5.58. The number of hydrogen-bond acceptors (Lipinski definition) is 5. The van der Waals surface area contributed by atoms with Gasteiger partial charge in [-0.2, -0.15) is 0 Å². The Bertz CT molecular complexity index is 544. The van der Waals surface area contributed by atoms with Gasteiger partial charge in [0.05, 0.1) is 19.4 Å². The van der Waals surface area contributed by atoms with Gasteiger partial charge in [-0.3, -0.25) is 0 Å². The molecular weight excluding hydrogens is 230 g/mol. The molecule has 0 bridgehead atoms. The van der Waals surface area contributed by atoms with Gasteiger partial charge in [0.15, 0.2) is 0 Å². The quantitative estimate of drug-likeness (QED) is 0.862. The van der Waals surface area contributed by atoms with Crippen LogP contribution in [0, 0.1) is 6.92 Å². The molecule has 0 aliphatic heterocycles. The molecule has 0 fully saturated rings. The van der Waals surface area contributed by atoms with E-state index in [0.717, 1.165) is 11.4 Å². The van der Waals surface area contributed by atoms with Crippen molar-refractivity contribution in [1.29, 1.82) is 0 Å². The molecular formula is C13H15N3O2. The molecule has 1 aromatic heterocycles. The molecule has 0 radical (unpaired) electrons. The van der Waals surface area contributed by atoms with Crippen molar-refractivity contribution in [2.24, 2.45) is 0 Å². The average Bonchev–Trinajstić information content (AvgIpc) is 2.40. The SMILES string of the molecule is COc1ccccc1Nc1nc(C)ncc1CO. The zero-order chi connectivity index (χ0) is 13.0. The van der Waals surface area contributed by atoms with Gasteiger partial charge in [0.2, 0.25) is 0 Å². The number of nitrogens with zero attached hydrogens (tertiary/aromatic N) is 2. The van der Waals surface area contributed by atoms with Gasteiger partial charge in [0.1, 0.15) is 17.4 Å². The number of nitrogens with one attached hydrogen (secondary N) is 1. The number of benzene rings is 1. The van der Waals surface area contributed by atoms with Gasteiger partial charge in [0.25, 0.3) is 0 Å². The Kier molecular flexibility index (Phi) is 3.74. The molecule has 18 heavy (non-hydrogen) atoms. The van der Waals surface area contributed by atoms with Crippen LogP contribution in [0.5, 0.6) is 5.75 Å².